The average Bonchev–Trinajstić information content (AvgIpc) is 2.73. The Bertz CT molecular complexity index is 587. The van der Waals surface area contributed by atoms with Crippen LogP contribution in [0.5, 0.6) is 0 Å². The van der Waals surface area contributed by atoms with Crippen molar-refractivity contribution < 1.29 is 23.8 Å². The van der Waals surface area contributed by atoms with Crippen LogP contribution in [0.2, 0.25) is 0 Å². The zero-order valence-electron chi connectivity index (χ0n) is 23.3. The highest BCUT2D eigenvalue weighted by Gasteiger charge is 2.33. The van der Waals surface area contributed by atoms with Gasteiger partial charge in [-0.05, 0) is 73.1 Å². The molecule has 0 fully saturated rings. The Morgan fingerprint density at radius 2 is 1.32 bits per heavy atom. The molecule has 0 aromatic heterocycles. The van der Waals surface area contributed by atoms with Gasteiger partial charge in [0.15, 0.2) is 0 Å². The van der Waals surface area contributed by atoms with E-state index in [0.717, 1.165) is 12.8 Å². The zero-order chi connectivity index (χ0) is 26.6. The fourth-order valence-electron chi connectivity index (χ4n) is 3.90. The molecule has 0 unspecified atom stereocenters. The summed E-state index contributed by atoms with van der Waals surface area (Å²) >= 11 is 0. The summed E-state index contributed by atoms with van der Waals surface area (Å²) in [5.74, 6) is -0.757. The van der Waals surface area contributed by atoms with Gasteiger partial charge in [0.25, 0.3) is 0 Å². The van der Waals surface area contributed by atoms with Crippen LogP contribution in [0.3, 0.4) is 0 Å². The van der Waals surface area contributed by atoms with Gasteiger partial charge >= 0.3 is 12.1 Å². The lowest BCUT2D eigenvalue weighted by atomic mass is 9.83. The van der Waals surface area contributed by atoms with Crippen LogP contribution in [0.15, 0.2) is 0 Å². The topological polar surface area (TPSA) is 126 Å². The van der Waals surface area contributed by atoms with Crippen molar-refractivity contribution in [2.45, 2.75) is 130 Å². The van der Waals surface area contributed by atoms with Gasteiger partial charge in [-0.15, -0.1) is 0 Å². The summed E-state index contributed by atoms with van der Waals surface area (Å²) in [6.07, 6.45) is 4.29. The van der Waals surface area contributed by atoms with E-state index in [1.165, 1.54) is 0 Å². The molecule has 0 radical (unpaired) electrons. The van der Waals surface area contributed by atoms with Crippen molar-refractivity contribution in [3.05, 3.63) is 0 Å². The van der Waals surface area contributed by atoms with Crippen LogP contribution in [0.4, 0.5) is 4.79 Å². The Balaban J connectivity index is 4.71. The van der Waals surface area contributed by atoms with Crippen LogP contribution < -0.4 is 16.8 Å². The lowest BCUT2D eigenvalue weighted by molar-refractivity contribution is -0.150. The van der Waals surface area contributed by atoms with Gasteiger partial charge in [-0.25, -0.2) is 4.79 Å². The fraction of sp³-hybridized carbons (Fsp3) is 0.923. The van der Waals surface area contributed by atoms with Gasteiger partial charge in [0.1, 0.15) is 12.2 Å². The van der Waals surface area contributed by atoms with E-state index < -0.39 is 28.7 Å². The average molecular weight is 488 g/mol. The quantitative estimate of drug-likeness (QED) is 0.201. The van der Waals surface area contributed by atoms with Gasteiger partial charge in [0.2, 0.25) is 0 Å². The van der Waals surface area contributed by atoms with Crippen LogP contribution in [0.1, 0.15) is 107 Å². The van der Waals surface area contributed by atoms with Crippen LogP contribution in [-0.2, 0) is 19.0 Å². The normalized spacial score (nSPS) is 13.2. The Kier molecular flexibility index (Phi) is 13.7. The number of rotatable bonds is 17. The van der Waals surface area contributed by atoms with E-state index in [1.807, 2.05) is 41.5 Å². The number of ether oxygens (including phenoxy) is 3. The molecule has 8 heteroatoms. The molecule has 0 aliphatic rings. The number of hydrogen-bond acceptors (Lipinski definition) is 7. The minimum Gasteiger partial charge on any atom is -0.464 e. The number of nitrogens with two attached hydrogens (primary N) is 2. The molecule has 0 saturated carbocycles. The van der Waals surface area contributed by atoms with Gasteiger partial charge in [-0.3, -0.25) is 4.79 Å². The molecule has 0 aromatic rings. The first kappa shape index (κ1) is 32.6. The van der Waals surface area contributed by atoms with E-state index in [1.54, 1.807) is 0 Å². The second kappa shape index (κ2) is 14.2. The van der Waals surface area contributed by atoms with E-state index in [0.29, 0.717) is 38.7 Å². The van der Waals surface area contributed by atoms with Gasteiger partial charge in [0, 0.05) is 17.5 Å². The summed E-state index contributed by atoms with van der Waals surface area (Å²) in [5.41, 5.74) is 10.4. The number of carbonyl (C=O) groups excluding carboxylic acids is 2. The van der Waals surface area contributed by atoms with Crippen LogP contribution >= 0.6 is 0 Å². The molecule has 34 heavy (non-hydrogen) atoms. The minimum atomic E-state index is -0.590. The number of nitrogens with one attached hydrogen (secondary N) is 1. The van der Waals surface area contributed by atoms with Crippen molar-refractivity contribution in [2.75, 3.05) is 19.8 Å². The number of carbonyl (C=O) groups is 2. The van der Waals surface area contributed by atoms with E-state index in [4.69, 9.17) is 25.7 Å². The molecule has 0 saturated heterocycles. The number of amides is 1. The molecule has 0 spiro atoms. The third-order valence-corrected chi connectivity index (χ3v) is 6.60. The lowest BCUT2D eigenvalue weighted by Crippen LogP contribution is -2.43. The molecule has 0 aliphatic carbocycles. The molecule has 8 nitrogen and oxygen atoms in total. The first-order valence-electron chi connectivity index (χ1n) is 12.9. The highest BCUT2D eigenvalue weighted by Crippen LogP contribution is 2.28. The maximum Gasteiger partial charge on any atom is 0.407 e. The molecule has 0 aromatic carbocycles. The van der Waals surface area contributed by atoms with Crippen LogP contribution in [0.25, 0.3) is 0 Å². The highest BCUT2D eigenvalue weighted by molar-refractivity contribution is 5.73. The van der Waals surface area contributed by atoms with Gasteiger partial charge in [0.05, 0.1) is 24.7 Å². The first-order valence-corrected chi connectivity index (χ1v) is 12.9. The summed E-state index contributed by atoms with van der Waals surface area (Å²) in [6, 6.07) is 0. The number of hydrogen-bond donors (Lipinski definition) is 3. The summed E-state index contributed by atoms with van der Waals surface area (Å²) in [4.78, 5) is 25.1. The SMILES string of the molecule is CCC(C)(CC)OCCC(CC)(CC)OC(=O)NCCOC(=O)C(CC(C)(C)N)CC(C)(C)N. The maximum absolute atomic E-state index is 12.6. The molecule has 5 N–H and O–H groups in total. The van der Waals surface area contributed by atoms with E-state index in [9.17, 15) is 9.59 Å². The second-order valence-electron chi connectivity index (χ2n) is 11.2. The van der Waals surface area contributed by atoms with Crippen LogP contribution in [-0.4, -0.2) is 54.1 Å². The largest absolute Gasteiger partial charge is 0.464 e. The number of esters is 1. The second-order valence-corrected chi connectivity index (χ2v) is 11.2. The Morgan fingerprint density at radius 3 is 1.74 bits per heavy atom. The monoisotopic (exact) mass is 487 g/mol. The third-order valence-electron chi connectivity index (χ3n) is 6.60. The molecule has 0 atom stereocenters. The molecule has 0 bridgehead atoms. The van der Waals surface area contributed by atoms with Crippen molar-refractivity contribution >= 4 is 12.1 Å². The number of alkyl carbamates (subject to hydrolysis) is 1. The summed E-state index contributed by atoms with van der Waals surface area (Å²) < 4.78 is 17.3. The minimum absolute atomic E-state index is 0.0557. The highest BCUT2D eigenvalue weighted by atomic mass is 16.6. The zero-order valence-corrected chi connectivity index (χ0v) is 23.3. The predicted molar refractivity (Wildman–Crippen MR) is 138 cm³/mol. The maximum atomic E-state index is 12.6. The van der Waals surface area contributed by atoms with Gasteiger partial charge in [-0.1, -0.05) is 27.7 Å². The molecule has 0 heterocycles. The van der Waals surface area contributed by atoms with Crippen molar-refractivity contribution in [1.29, 1.82) is 0 Å². The molecule has 1 amide bonds. The predicted octanol–water partition coefficient (Wildman–Crippen LogP) is 4.67. The fourth-order valence-corrected chi connectivity index (χ4v) is 3.90. The molecular formula is C26H53N3O5. The summed E-state index contributed by atoms with van der Waals surface area (Å²) in [6.45, 7) is 18.6. The van der Waals surface area contributed by atoms with E-state index in [2.05, 4.69) is 26.1 Å². The summed E-state index contributed by atoms with van der Waals surface area (Å²) in [7, 11) is 0. The Morgan fingerprint density at radius 1 is 0.824 bits per heavy atom. The Hall–Kier alpha value is -1.38. The Labute approximate surface area is 208 Å². The van der Waals surface area contributed by atoms with Crippen LogP contribution in [0, 0.1) is 5.92 Å². The molecule has 0 aliphatic heterocycles. The summed E-state index contributed by atoms with van der Waals surface area (Å²) in [5, 5.41) is 2.70. The van der Waals surface area contributed by atoms with E-state index >= 15 is 0 Å². The molecular weight excluding hydrogens is 434 g/mol. The smallest absolute Gasteiger partial charge is 0.407 e. The first-order chi connectivity index (χ1) is 15.5. The molecule has 202 valence electrons. The van der Waals surface area contributed by atoms with E-state index in [-0.39, 0.29) is 24.7 Å². The van der Waals surface area contributed by atoms with Gasteiger partial charge < -0.3 is 31.0 Å². The van der Waals surface area contributed by atoms with Crippen molar-refractivity contribution in [2.24, 2.45) is 17.4 Å². The third kappa shape index (κ3) is 13.5. The lowest BCUT2D eigenvalue weighted by Gasteiger charge is -2.34. The van der Waals surface area contributed by atoms with Crippen molar-refractivity contribution in [3.8, 4) is 0 Å². The van der Waals surface area contributed by atoms with Crippen molar-refractivity contribution in [1.82, 2.24) is 5.32 Å². The van der Waals surface area contributed by atoms with Crippen molar-refractivity contribution in [3.63, 3.8) is 0 Å². The molecule has 0 rings (SSSR count). The standard InChI is InChI=1S/C26H53N3O5/c1-10-25(9,11-2)33-16-14-26(12-3,13-4)34-22(31)29-15-17-32-21(30)20(18-23(5,6)27)19-24(7,8)28/h20H,10-19,27-28H2,1-9H3,(H,29,31). The van der Waals surface area contributed by atoms with Gasteiger partial charge in [-0.2, -0.15) is 0 Å².